The Morgan fingerprint density at radius 1 is 1.33 bits per heavy atom. The van der Waals surface area contributed by atoms with Crippen LogP contribution in [0.2, 0.25) is 0 Å². The molecule has 0 bridgehead atoms. The Hall–Kier alpha value is -1.39. The minimum Gasteiger partial charge on any atom is -0.389 e. The van der Waals surface area contributed by atoms with E-state index in [-0.39, 0.29) is 0 Å². The molecule has 1 aromatic heterocycles. The van der Waals surface area contributed by atoms with E-state index in [2.05, 4.69) is 43.3 Å². The van der Waals surface area contributed by atoms with Crippen molar-refractivity contribution in [1.29, 1.82) is 0 Å². The van der Waals surface area contributed by atoms with E-state index in [1.54, 1.807) is 0 Å². The number of aromatic nitrogens is 2. The first-order chi connectivity index (χ1) is 9.93. The molecule has 21 heavy (non-hydrogen) atoms. The van der Waals surface area contributed by atoms with Gasteiger partial charge in [-0.3, -0.25) is 4.68 Å². The molecule has 0 amide bonds. The van der Waals surface area contributed by atoms with Crippen molar-refractivity contribution in [2.24, 2.45) is 5.92 Å². The zero-order chi connectivity index (χ0) is 15.5. The summed E-state index contributed by atoms with van der Waals surface area (Å²) in [6.45, 7) is 10.4. The number of para-hydroxylation sites is 1. The first kappa shape index (κ1) is 16.0. The van der Waals surface area contributed by atoms with Crippen molar-refractivity contribution >= 4 is 10.9 Å². The maximum atomic E-state index is 10.3. The van der Waals surface area contributed by atoms with E-state index in [0.717, 1.165) is 18.7 Å². The second kappa shape index (κ2) is 6.58. The topological polar surface area (TPSA) is 50.1 Å². The van der Waals surface area contributed by atoms with Gasteiger partial charge in [0.2, 0.25) is 0 Å². The molecule has 1 heterocycles. The van der Waals surface area contributed by atoms with Gasteiger partial charge in [-0.05, 0) is 32.3 Å². The molecule has 4 heteroatoms. The highest BCUT2D eigenvalue weighted by Gasteiger charge is 2.21. The molecule has 2 N–H and O–H groups in total. The molecule has 1 unspecified atom stereocenters. The zero-order valence-corrected chi connectivity index (χ0v) is 13.6. The van der Waals surface area contributed by atoms with E-state index in [0.29, 0.717) is 19.0 Å². The van der Waals surface area contributed by atoms with Crippen LogP contribution in [0.5, 0.6) is 0 Å². The number of hydrogen-bond acceptors (Lipinski definition) is 3. The fourth-order valence-corrected chi connectivity index (χ4v) is 2.97. The Labute approximate surface area is 127 Å². The van der Waals surface area contributed by atoms with Crippen molar-refractivity contribution in [3.05, 3.63) is 30.0 Å². The van der Waals surface area contributed by atoms with E-state index < -0.39 is 5.60 Å². The molecule has 0 radical (unpaired) electrons. The van der Waals surface area contributed by atoms with Gasteiger partial charge in [0.05, 0.1) is 16.8 Å². The Morgan fingerprint density at radius 2 is 2.05 bits per heavy atom. The molecule has 1 atom stereocenters. The predicted octanol–water partition coefficient (Wildman–Crippen LogP) is 2.94. The number of hydrogen-bond donors (Lipinski definition) is 2. The van der Waals surface area contributed by atoms with Crippen LogP contribution in [0.15, 0.2) is 24.3 Å². The average molecular weight is 289 g/mol. The van der Waals surface area contributed by atoms with Gasteiger partial charge in [-0.25, -0.2) is 0 Å². The zero-order valence-electron chi connectivity index (χ0n) is 13.6. The minimum atomic E-state index is -0.669. The lowest BCUT2D eigenvalue weighted by atomic mass is 9.94. The summed E-state index contributed by atoms with van der Waals surface area (Å²) >= 11 is 0. The van der Waals surface area contributed by atoms with E-state index in [1.807, 2.05) is 23.7 Å². The molecule has 0 saturated heterocycles. The number of fused-ring (bicyclic) bond motifs is 1. The van der Waals surface area contributed by atoms with Crippen molar-refractivity contribution in [2.75, 3.05) is 6.54 Å². The Balaban J connectivity index is 2.04. The van der Waals surface area contributed by atoms with Gasteiger partial charge in [-0.2, -0.15) is 5.10 Å². The summed E-state index contributed by atoms with van der Waals surface area (Å²) in [6, 6.07) is 8.30. The number of aliphatic hydroxyl groups is 1. The van der Waals surface area contributed by atoms with Crippen molar-refractivity contribution < 1.29 is 5.11 Å². The SMILES string of the molecule is CCn1nc(CNCC(C)(O)CC(C)C)c2ccccc21. The largest absolute Gasteiger partial charge is 0.389 e. The number of aryl methyl sites for hydroxylation is 1. The third-order valence-corrected chi connectivity index (χ3v) is 3.68. The molecule has 2 rings (SSSR count). The van der Waals surface area contributed by atoms with Crippen molar-refractivity contribution in [1.82, 2.24) is 15.1 Å². The van der Waals surface area contributed by atoms with Gasteiger partial charge in [-0.15, -0.1) is 0 Å². The third kappa shape index (κ3) is 4.05. The van der Waals surface area contributed by atoms with Crippen LogP contribution in [0.1, 0.15) is 39.8 Å². The maximum absolute atomic E-state index is 10.3. The summed E-state index contributed by atoms with van der Waals surface area (Å²) in [6.07, 6.45) is 0.796. The lowest BCUT2D eigenvalue weighted by molar-refractivity contribution is 0.0383. The van der Waals surface area contributed by atoms with E-state index >= 15 is 0 Å². The minimum absolute atomic E-state index is 0.488. The maximum Gasteiger partial charge on any atom is 0.0841 e. The summed E-state index contributed by atoms with van der Waals surface area (Å²) in [5, 5.41) is 19.5. The number of nitrogens with zero attached hydrogens (tertiary/aromatic N) is 2. The summed E-state index contributed by atoms with van der Waals surface area (Å²) in [5.41, 5.74) is 1.55. The molecule has 0 fully saturated rings. The van der Waals surface area contributed by atoms with Gasteiger partial charge in [0, 0.05) is 25.0 Å². The average Bonchev–Trinajstić information content (AvgIpc) is 2.76. The fraction of sp³-hybridized carbons (Fsp3) is 0.588. The highest BCUT2D eigenvalue weighted by molar-refractivity contribution is 5.81. The van der Waals surface area contributed by atoms with Crippen LogP contribution in [0.4, 0.5) is 0 Å². The molecule has 0 spiro atoms. The molecule has 1 aromatic carbocycles. The second-order valence-electron chi connectivity index (χ2n) is 6.48. The quantitative estimate of drug-likeness (QED) is 0.824. The lowest BCUT2D eigenvalue weighted by Crippen LogP contribution is -2.38. The molecule has 0 aliphatic rings. The molecule has 116 valence electrons. The number of benzene rings is 1. The Kier molecular flexibility index (Phi) is 5.01. The van der Waals surface area contributed by atoms with Crippen LogP contribution in [-0.4, -0.2) is 27.0 Å². The van der Waals surface area contributed by atoms with Crippen molar-refractivity contribution in [3.63, 3.8) is 0 Å². The molecule has 0 aliphatic carbocycles. The standard InChI is InChI=1S/C17H27N3O/c1-5-20-16-9-7-6-8-14(16)15(19-20)11-18-12-17(4,21)10-13(2)3/h6-9,13,18,21H,5,10-12H2,1-4H3. The van der Waals surface area contributed by atoms with Crippen LogP contribution >= 0.6 is 0 Å². The first-order valence-electron chi connectivity index (χ1n) is 7.80. The van der Waals surface area contributed by atoms with E-state index in [1.165, 1.54) is 10.9 Å². The smallest absolute Gasteiger partial charge is 0.0841 e. The number of nitrogens with one attached hydrogen (secondary N) is 1. The predicted molar refractivity (Wildman–Crippen MR) is 87.2 cm³/mol. The van der Waals surface area contributed by atoms with Crippen LogP contribution in [0.25, 0.3) is 10.9 Å². The van der Waals surface area contributed by atoms with Gasteiger partial charge < -0.3 is 10.4 Å². The van der Waals surface area contributed by atoms with Gasteiger partial charge in [0.15, 0.2) is 0 Å². The van der Waals surface area contributed by atoms with Gasteiger partial charge >= 0.3 is 0 Å². The van der Waals surface area contributed by atoms with Crippen LogP contribution < -0.4 is 5.32 Å². The monoisotopic (exact) mass is 289 g/mol. The van der Waals surface area contributed by atoms with Crippen molar-refractivity contribution in [3.8, 4) is 0 Å². The fourth-order valence-electron chi connectivity index (χ4n) is 2.97. The van der Waals surface area contributed by atoms with Gasteiger partial charge in [-0.1, -0.05) is 32.0 Å². The molecular weight excluding hydrogens is 262 g/mol. The normalized spacial score (nSPS) is 14.8. The molecule has 0 aliphatic heterocycles. The molecule has 2 aromatic rings. The van der Waals surface area contributed by atoms with Crippen LogP contribution in [0.3, 0.4) is 0 Å². The second-order valence-corrected chi connectivity index (χ2v) is 6.48. The third-order valence-electron chi connectivity index (χ3n) is 3.68. The first-order valence-corrected chi connectivity index (χ1v) is 7.80. The molecule has 0 saturated carbocycles. The molecule has 4 nitrogen and oxygen atoms in total. The Bertz CT molecular complexity index is 587. The summed E-state index contributed by atoms with van der Waals surface area (Å²) in [5.74, 6) is 0.488. The number of rotatable bonds is 7. The highest BCUT2D eigenvalue weighted by Crippen LogP contribution is 2.19. The highest BCUT2D eigenvalue weighted by atomic mass is 16.3. The van der Waals surface area contributed by atoms with Crippen LogP contribution in [-0.2, 0) is 13.1 Å². The summed E-state index contributed by atoms with van der Waals surface area (Å²) in [4.78, 5) is 0. The van der Waals surface area contributed by atoms with Gasteiger partial charge in [0.25, 0.3) is 0 Å². The summed E-state index contributed by atoms with van der Waals surface area (Å²) < 4.78 is 2.03. The molecular formula is C17H27N3O. The van der Waals surface area contributed by atoms with Crippen molar-refractivity contribution in [2.45, 2.75) is 52.8 Å². The van der Waals surface area contributed by atoms with Gasteiger partial charge in [0.1, 0.15) is 0 Å². The Morgan fingerprint density at radius 3 is 2.71 bits per heavy atom. The van der Waals surface area contributed by atoms with E-state index in [4.69, 9.17) is 0 Å². The van der Waals surface area contributed by atoms with Crippen LogP contribution in [0, 0.1) is 5.92 Å². The summed E-state index contributed by atoms with van der Waals surface area (Å²) in [7, 11) is 0. The lowest BCUT2D eigenvalue weighted by Gasteiger charge is -2.25. The van der Waals surface area contributed by atoms with E-state index in [9.17, 15) is 5.11 Å².